The normalized spacial score (nSPS) is 12.1. The fourth-order valence-electron chi connectivity index (χ4n) is 4.65. The Morgan fingerprint density at radius 1 is 0.818 bits per heavy atom. The van der Waals surface area contributed by atoms with Crippen molar-refractivity contribution in [3.8, 4) is 0 Å². The van der Waals surface area contributed by atoms with Crippen LogP contribution in [0.5, 0.6) is 0 Å². The summed E-state index contributed by atoms with van der Waals surface area (Å²) in [4.78, 5) is 49.6. The Kier molecular flexibility index (Phi) is 13.1. The van der Waals surface area contributed by atoms with E-state index in [9.17, 15) is 14.4 Å². The minimum Gasteiger partial charge on any atom is -0.444 e. The van der Waals surface area contributed by atoms with E-state index in [0.29, 0.717) is 32.2 Å². The molecule has 0 aliphatic carbocycles. The highest BCUT2D eigenvalue weighted by atomic mass is 32.1. The van der Waals surface area contributed by atoms with Gasteiger partial charge >= 0.3 is 12.1 Å². The Bertz CT molecular complexity index is 1410. The fourth-order valence-corrected chi connectivity index (χ4v) is 5.80. The van der Waals surface area contributed by atoms with Gasteiger partial charge in [-0.1, -0.05) is 60.7 Å². The number of ether oxygens (including phenoxy) is 1. The summed E-state index contributed by atoms with van der Waals surface area (Å²) in [5.41, 5.74) is 5.63. The maximum atomic E-state index is 13.0. The monoisotopic (exact) mass is 634 g/mol. The minimum atomic E-state index is -0.487. The summed E-state index contributed by atoms with van der Waals surface area (Å²) in [6, 6.07) is 19.4. The highest BCUT2D eigenvalue weighted by Gasteiger charge is 2.20. The molecule has 0 saturated heterocycles. The van der Waals surface area contributed by atoms with E-state index in [-0.39, 0.29) is 43.6 Å². The molecule has 0 bridgehead atoms. The molecule has 4 amide bonds. The summed E-state index contributed by atoms with van der Waals surface area (Å²) in [5.74, 6) is -0.145. The molecule has 44 heavy (non-hydrogen) atoms. The van der Waals surface area contributed by atoms with Crippen molar-refractivity contribution in [3.63, 3.8) is 0 Å². The minimum absolute atomic E-state index is 0.145. The van der Waals surface area contributed by atoms with Crippen molar-refractivity contribution in [1.82, 2.24) is 30.8 Å². The summed E-state index contributed by atoms with van der Waals surface area (Å²) in [6.45, 7) is 0.844. The third-order valence-corrected chi connectivity index (χ3v) is 8.40. The second-order valence-electron chi connectivity index (χ2n) is 10.4. The first-order valence-electron chi connectivity index (χ1n) is 14.5. The molecular weight excluding hydrogens is 597 g/mol. The summed E-state index contributed by atoms with van der Waals surface area (Å²) in [7, 11) is 1.71. The number of hydrogen-bond acceptors (Lipinski definition) is 8. The standard InChI is InChI=1S/C32H38N6O4S2/c1-38(20-28-18-33-22-43-28)31(40)35-15-14-30(39)36-26(16-24-8-4-2-5-9-24)12-13-27(17-25-10-6-3-7-11-25)37-32(41)42-21-29-19-34-23-44-29/h2-11,18-19,22-23,26-27H,12-17,20-21H2,1H3,(H,35,40)(H,36,39)(H,37,41)/t26-,27-/m1/s1. The Labute approximate surface area is 265 Å². The van der Waals surface area contributed by atoms with Crippen LogP contribution in [0.3, 0.4) is 0 Å². The van der Waals surface area contributed by atoms with Crippen molar-refractivity contribution in [2.45, 2.75) is 57.3 Å². The molecule has 10 nitrogen and oxygen atoms in total. The molecule has 0 spiro atoms. The third-order valence-electron chi connectivity index (χ3n) is 6.88. The van der Waals surface area contributed by atoms with E-state index in [2.05, 4.69) is 25.9 Å². The molecule has 2 aromatic heterocycles. The fraction of sp³-hybridized carbons (Fsp3) is 0.344. The zero-order valence-corrected chi connectivity index (χ0v) is 26.3. The van der Waals surface area contributed by atoms with Crippen LogP contribution < -0.4 is 16.0 Å². The van der Waals surface area contributed by atoms with Crippen LogP contribution >= 0.6 is 22.7 Å². The van der Waals surface area contributed by atoms with Crippen molar-refractivity contribution in [2.75, 3.05) is 13.6 Å². The number of hydrogen-bond donors (Lipinski definition) is 3. The lowest BCUT2D eigenvalue weighted by Gasteiger charge is -2.24. The highest BCUT2D eigenvalue weighted by molar-refractivity contribution is 7.09. The second kappa shape index (κ2) is 17.7. The highest BCUT2D eigenvalue weighted by Crippen LogP contribution is 2.14. The number of thiazole rings is 2. The first-order chi connectivity index (χ1) is 21.4. The van der Waals surface area contributed by atoms with E-state index in [1.165, 1.54) is 22.7 Å². The van der Waals surface area contributed by atoms with E-state index in [4.69, 9.17) is 4.74 Å². The van der Waals surface area contributed by atoms with Gasteiger partial charge in [-0.15, -0.1) is 22.7 Å². The maximum absolute atomic E-state index is 13.0. The van der Waals surface area contributed by atoms with Crippen LogP contribution in [-0.4, -0.2) is 58.6 Å². The van der Waals surface area contributed by atoms with Crippen LogP contribution in [0.2, 0.25) is 0 Å². The second-order valence-corrected chi connectivity index (χ2v) is 12.4. The number of nitrogens with zero attached hydrogens (tertiary/aromatic N) is 3. The van der Waals surface area contributed by atoms with Crippen molar-refractivity contribution in [3.05, 3.63) is 105 Å². The average Bonchev–Trinajstić information content (AvgIpc) is 3.74. The van der Waals surface area contributed by atoms with Gasteiger partial charge in [0.05, 0.1) is 22.4 Å². The maximum Gasteiger partial charge on any atom is 0.407 e. The van der Waals surface area contributed by atoms with Crippen LogP contribution in [0.25, 0.3) is 0 Å². The smallest absolute Gasteiger partial charge is 0.407 e. The van der Waals surface area contributed by atoms with Gasteiger partial charge in [0.2, 0.25) is 5.91 Å². The molecule has 0 radical (unpaired) electrons. The number of aromatic nitrogens is 2. The van der Waals surface area contributed by atoms with Gasteiger partial charge in [-0.05, 0) is 36.8 Å². The predicted octanol–water partition coefficient (Wildman–Crippen LogP) is 5.18. The van der Waals surface area contributed by atoms with Gasteiger partial charge in [-0.2, -0.15) is 0 Å². The number of urea groups is 1. The van der Waals surface area contributed by atoms with Crippen molar-refractivity contribution >= 4 is 40.7 Å². The zero-order chi connectivity index (χ0) is 31.0. The molecule has 232 valence electrons. The quantitative estimate of drug-likeness (QED) is 0.156. The van der Waals surface area contributed by atoms with Crippen molar-refractivity contribution in [1.29, 1.82) is 0 Å². The van der Waals surface area contributed by atoms with Crippen LogP contribution in [0.4, 0.5) is 9.59 Å². The molecule has 2 aromatic carbocycles. The van der Waals surface area contributed by atoms with E-state index in [1.54, 1.807) is 35.4 Å². The molecule has 0 aliphatic heterocycles. The molecule has 4 aromatic rings. The van der Waals surface area contributed by atoms with Gasteiger partial charge in [0.1, 0.15) is 6.61 Å². The van der Waals surface area contributed by atoms with Crippen LogP contribution in [0.1, 0.15) is 40.1 Å². The Hall–Kier alpha value is -4.29. The van der Waals surface area contributed by atoms with Gasteiger partial charge in [-0.3, -0.25) is 14.8 Å². The van der Waals surface area contributed by atoms with Crippen molar-refractivity contribution in [2.24, 2.45) is 0 Å². The molecule has 0 aliphatic rings. The number of rotatable bonds is 16. The number of amides is 4. The molecule has 4 rings (SSSR count). The van der Waals surface area contributed by atoms with E-state index in [0.717, 1.165) is 20.9 Å². The van der Waals surface area contributed by atoms with E-state index < -0.39 is 6.09 Å². The summed E-state index contributed by atoms with van der Waals surface area (Å²) in [5, 5.41) is 9.01. The number of carbonyl (C=O) groups is 3. The Morgan fingerprint density at radius 2 is 1.39 bits per heavy atom. The lowest BCUT2D eigenvalue weighted by atomic mass is 9.96. The van der Waals surface area contributed by atoms with Gasteiger partial charge in [0.25, 0.3) is 0 Å². The van der Waals surface area contributed by atoms with Gasteiger partial charge < -0.3 is 25.6 Å². The number of benzene rings is 2. The zero-order valence-electron chi connectivity index (χ0n) is 24.7. The van der Waals surface area contributed by atoms with Gasteiger partial charge in [-0.25, -0.2) is 9.59 Å². The molecular formula is C32H38N6O4S2. The van der Waals surface area contributed by atoms with E-state index in [1.807, 2.05) is 60.7 Å². The lowest BCUT2D eigenvalue weighted by Crippen LogP contribution is -2.42. The Morgan fingerprint density at radius 3 is 1.95 bits per heavy atom. The van der Waals surface area contributed by atoms with Gasteiger partial charge in [0.15, 0.2) is 0 Å². The molecule has 0 unspecified atom stereocenters. The molecule has 2 heterocycles. The summed E-state index contributed by atoms with van der Waals surface area (Å²) >= 11 is 2.92. The molecule has 12 heteroatoms. The molecule has 3 N–H and O–H groups in total. The average molecular weight is 635 g/mol. The topological polar surface area (TPSA) is 126 Å². The van der Waals surface area contributed by atoms with Crippen LogP contribution in [-0.2, 0) is 35.5 Å². The number of nitrogens with one attached hydrogen (secondary N) is 3. The molecule has 0 fully saturated rings. The van der Waals surface area contributed by atoms with Crippen molar-refractivity contribution < 1.29 is 19.1 Å². The molecule has 0 saturated carbocycles. The summed E-state index contributed by atoms with van der Waals surface area (Å²) < 4.78 is 5.44. The SMILES string of the molecule is CN(Cc1cncs1)C(=O)NCCC(=O)N[C@H](CC[C@H](Cc1ccccc1)NC(=O)OCc1cncs1)Cc1ccccc1. The predicted molar refractivity (Wildman–Crippen MR) is 172 cm³/mol. The van der Waals surface area contributed by atoms with Gasteiger partial charge in [0, 0.05) is 49.4 Å². The lowest BCUT2D eigenvalue weighted by molar-refractivity contribution is -0.121. The largest absolute Gasteiger partial charge is 0.444 e. The molecule has 2 atom stereocenters. The first-order valence-corrected chi connectivity index (χ1v) is 16.2. The number of carbonyl (C=O) groups excluding carboxylic acids is 3. The first kappa shape index (κ1) is 32.6. The summed E-state index contributed by atoms with van der Waals surface area (Å²) in [6.07, 6.45) is 5.62. The van der Waals surface area contributed by atoms with Crippen LogP contribution in [0.15, 0.2) is 84.1 Å². The number of alkyl carbamates (subject to hydrolysis) is 1. The Balaban J connectivity index is 1.32. The van der Waals surface area contributed by atoms with Crippen LogP contribution in [0, 0.1) is 0 Å². The van der Waals surface area contributed by atoms with E-state index >= 15 is 0 Å². The third kappa shape index (κ3) is 11.8.